The number of hydrogen-bond acceptors (Lipinski definition) is 7. The van der Waals surface area contributed by atoms with Crippen LogP contribution in [-0.2, 0) is 4.74 Å². The summed E-state index contributed by atoms with van der Waals surface area (Å²) in [5, 5.41) is 18.4. The molecule has 9 heteroatoms. The summed E-state index contributed by atoms with van der Waals surface area (Å²) < 4.78 is 20.0. The SMILES string of the molecule is CC[C@H](NC(=O)OC(C)(C)C)[C@@H](C)Nc1nc(Nc2cncc(C3CC3)c2)c(C#N)cc1F. The minimum absolute atomic E-state index is 0.0141. The molecule has 176 valence electrons. The maximum atomic E-state index is 14.7. The average molecular weight is 455 g/mol. The molecule has 1 saturated carbocycles. The highest BCUT2D eigenvalue weighted by atomic mass is 19.1. The first-order valence-corrected chi connectivity index (χ1v) is 11.2. The van der Waals surface area contributed by atoms with Gasteiger partial charge in [0.2, 0.25) is 0 Å². The summed E-state index contributed by atoms with van der Waals surface area (Å²) >= 11 is 0. The topological polar surface area (TPSA) is 112 Å². The van der Waals surface area contributed by atoms with Gasteiger partial charge in [-0.15, -0.1) is 0 Å². The Morgan fingerprint density at radius 1 is 1.30 bits per heavy atom. The van der Waals surface area contributed by atoms with Crippen LogP contribution in [0.15, 0.2) is 24.5 Å². The molecule has 0 aliphatic heterocycles. The molecule has 8 nitrogen and oxygen atoms in total. The maximum absolute atomic E-state index is 14.7. The van der Waals surface area contributed by atoms with E-state index in [0.717, 1.165) is 24.5 Å². The number of carbonyl (C=O) groups excluding carboxylic acids is 1. The molecular weight excluding hydrogens is 423 g/mol. The lowest BCUT2D eigenvalue weighted by molar-refractivity contribution is 0.0498. The van der Waals surface area contributed by atoms with Gasteiger partial charge >= 0.3 is 6.09 Å². The molecule has 0 radical (unpaired) electrons. The van der Waals surface area contributed by atoms with E-state index < -0.39 is 17.5 Å². The van der Waals surface area contributed by atoms with Gasteiger partial charge in [0.1, 0.15) is 11.7 Å². The van der Waals surface area contributed by atoms with E-state index in [2.05, 4.69) is 25.9 Å². The van der Waals surface area contributed by atoms with Crippen molar-refractivity contribution in [3.63, 3.8) is 0 Å². The van der Waals surface area contributed by atoms with E-state index in [9.17, 15) is 14.4 Å². The molecule has 0 bridgehead atoms. The maximum Gasteiger partial charge on any atom is 0.407 e. The fourth-order valence-corrected chi connectivity index (χ4v) is 3.43. The first-order chi connectivity index (χ1) is 15.6. The number of hydrogen-bond donors (Lipinski definition) is 3. The van der Waals surface area contributed by atoms with Gasteiger partial charge in [-0.25, -0.2) is 14.2 Å². The van der Waals surface area contributed by atoms with E-state index in [1.165, 1.54) is 0 Å². The molecule has 0 spiro atoms. The molecule has 2 atom stereocenters. The van der Waals surface area contributed by atoms with Crippen LogP contribution in [0.2, 0.25) is 0 Å². The summed E-state index contributed by atoms with van der Waals surface area (Å²) in [5.74, 6) is 0.0922. The lowest BCUT2D eigenvalue weighted by atomic mass is 10.1. The van der Waals surface area contributed by atoms with Crippen molar-refractivity contribution in [2.75, 3.05) is 10.6 Å². The van der Waals surface area contributed by atoms with Crippen molar-refractivity contribution in [2.45, 2.75) is 77.5 Å². The van der Waals surface area contributed by atoms with Crippen molar-refractivity contribution in [1.82, 2.24) is 15.3 Å². The summed E-state index contributed by atoms with van der Waals surface area (Å²) in [6.07, 6.45) is 5.82. The predicted molar refractivity (Wildman–Crippen MR) is 125 cm³/mol. The number of carbonyl (C=O) groups is 1. The molecule has 3 N–H and O–H groups in total. The fraction of sp³-hybridized carbons (Fsp3) is 0.500. The second-order valence-corrected chi connectivity index (χ2v) is 9.33. The largest absolute Gasteiger partial charge is 0.444 e. The third kappa shape index (κ3) is 6.78. The first-order valence-electron chi connectivity index (χ1n) is 11.2. The molecule has 2 heterocycles. The quantitative estimate of drug-likeness (QED) is 0.502. The highest BCUT2D eigenvalue weighted by molar-refractivity contribution is 5.68. The van der Waals surface area contributed by atoms with Crippen molar-refractivity contribution < 1.29 is 13.9 Å². The highest BCUT2D eigenvalue weighted by Crippen LogP contribution is 2.40. The highest BCUT2D eigenvalue weighted by Gasteiger charge is 2.25. The Morgan fingerprint density at radius 2 is 2.03 bits per heavy atom. The minimum atomic E-state index is -0.652. The number of nitriles is 1. The molecule has 3 rings (SSSR count). The molecule has 0 unspecified atom stereocenters. The van der Waals surface area contributed by atoms with Crippen LogP contribution in [0.3, 0.4) is 0 Å². The number of rotatable bonds is 8. The van der Waals surface area contributed by atoms with Gasteiger partial charge in [-0.05, 0) is 70.6 Å². The summed E-state index contributed by atoms with van der Waals surface area (Å²) in [6.45, 7) is 9.09. The minimum Gasteiger partial charge on any atom is -0.444 e. The zero-order valence-electron chi connectivity index (χ0n) is 19.7. The van der Waals surface area contributed by atoms with E-state index in [1.807, 2.05) is 32.2 Å². The van der Waals surface area contributed by atoms with Crippen molar-refractivity contribution in [1.29, 1.82) is 5.26 Å². The average Bonchev–Trinajstić information content (AvgIpc) is 3.58. The fourth-order valence-electron chi connectivity index (χ4n) is 3.43. The van der Waals surface area contributed by atoms with Gasteiger partial charge in [-0.2, -0.15) is 5.26 Å². The summed E-state index contributed by atoms with van der Waals surface area (Å²) in [5.41, 5.74) is 1.28. The zero-order valence-corrected chi connectivity index (χ0v) is 19.7. The van der Waals surface area contributed by atoms with E-state index >= 15 is 0 Å². The number of pyridine rings is 2. The van der Waals surface area contributed by atoms with Crippen LogP contribution in [0.25, 0.3) is 0 Å². The number of alkyl carbamates (subject to hydrolysis) is 1. The monoisotopic (exact) mass is 454 g/mol. The number of nitrogens with one attached hydrogen (secondary N) is 3. The van der Waals surface area contributed by atoms with Gasteiger partial charge in [-0.1, -0.05) is 6.92 Å². The van der Waals surface area contributed by atoms with Crippen LogP contribution in [-0.4, -0.2) is 33.7 Å². The molecule has 2 aromatic heterocycles. The van der Waals surface area contributed by atoms with Crippen LogP contribution in [0.1, 0.15) is 70.9 Å². The second-order valence-electron chi connectivity index (χ2n) is 9.33. The van der Waals surface area contributed by atoms with Crippen LogP contribution in [0.4, 0.5) is 26.5 Å². The summed E-state index contributed by atoms with van der Waals surface area (Å²) in [6, 6.07) is 4.42. The van der Waals surface area contributed by atoms with Crippen LogP contribution >= 0.6 is 0 Å². The molecule has 1 fully saturated rings. The van der Waals surface area contributed by atoms with Crippen molar-refractivity contribution >= 4 is 23.4 Å². The standard InChI is InChI=1S/C24H31FN6O2/c1-6-20(30-23(32)33-24(3,4)5)14(2)28-22-19(25)10-16(11-26)21(31-22)29-18-9-17(12-27-13-18)15-7-8-15/h9-10,12-15,20H,6-8H2,1-5H3,(H,30,32)(H2,28,29,31)/t14-,20+/m1/s1. The summed E-state index contributed by atoms with van der Waals surface area (Å²) in [7, 11) is 0. The van der Waals surface area contributed by atoms with E-state index in [-0.39, 0.29) is 29.3 Å². The third-order valence-corrected chi connectivity index (χ3v) is 5.28. The Bertz CT molecular complexity index is 1040. The number of halogens is 1. The van der Waals surface area contributed by atoms with Gasteiger partial charge in [0.25, 0.3) is 0 Å². The molecule has 1 aliphatic rings. The molecule has 0 aromatic carbocycles. The lowest BCUT2D eigenvalue weighted by Crippen LogP contribution is -2.47. The molecule has 2 aromatic rings. The normalized spacial score (nSPS) is 15.2. The van der Waals surface area contributed by atoms with Crippen molar-refractivity contribution in [3.8, 4) is 6.07 Å². The number of amides is 1. The smallest absolute Gasteiger partial charge is 0.407 e. The lowest BCUT2D eigenvalue weighted by Gasteiger charge is -2.27. The van der Waals surface area contributed by atoms with E-state index in [1.54, 1.807) is 27.0 Å². The summed E-state index contributed by atoms with van der Waals surface area (Å²) in [4.78, 5) is 20.8. The Labute approximate surface area is 194 Å². The zero-order chi connectivity index (χ0) is 24.2. The van der Waals surface area contributed by atoms with Gasteiger partial charge < -0.3 is 20.7 Å². The molecular formula is C24H31FN6O2. The van der Waals surface area contributed by atoms with Gasteiger partial charge in [0.15, 0.2) is 17.5 Å². The van der Waals surface area contributed by atoms with Gasteiger partial charge in [0, 0.05) is 12.2 Å². The number of ether oxygens (including phenoxy) is 1. The third-order valence-electron chi connectivity index (χ3n) is 5.28. The second kappa shape index (κ2) is 10.0. The number of anilines is 3. The van der Waals surface area contributed by atoms with Crippen LogP contribution < -0.4 is 16.0 Å². The Morgan fingerprint density at radius 3 is 2.64 bits per heavy atom. The predicted octanol–water partition coefficient (Wildman–Crippen LogP) is 5.21. The van der Waals surface area contributed by atoms with E-state index in [0.29, 0.717) is 18.0 Å². The van der Waals surface area contributed by atoms with Crippen molar-refractivity contribution in [3.05, 3.63) is 41.5 Å². The molecule has 1 aliphatic carbocycles. The number of aromatic nitrogens is 2. The molecule has 1 amide bonds. The molecule has 0 saturated heterocycles. The molecule has 33 heavy (non-hydrogen) atoms. The van der Waals surface area contributed by atoms with Crippen molar-refractivity contribution in [2.24, 2.45) is 0 Å². The Hall–Kier alpha value is -3.41. The van der Waals surface area contributed by atoms with Gasteiger partial charge in [-0.3, -0.25) is 4.98 Å². The van der Waals surface area contributed by atoms with Crippen LogP contribution in [0.5, 0.6) is 0 Å². The van der Waals surface area contributed by atoms with E-state index in [4.69, 9.17) is 4.74 Å². The first kappa shape index (κ1) is 24.2. The Kier molecular flexibility index (Phi) is 7.36. The number of nitrogens with zero attached hydrogens (tertiary/aromatic N) is 3. The van der Waals surface area contributed by atoms with Crippen LogP contribution in [0, 0.1) is 17.1 Å². The van der Waals surface area contributed by atoms with Gasteiger partial charge in [0.05, 0.1) is 23.5 Å². The Balaban J connectivity index is 1.76.